The summed E-state index contributed by atoms with van der Waals surface area (Å²) < 4.78 is 38.7. The van der Waals surface area contributed by atoms with Crippen LogP contribution in [0.3, 0.4) is 0 Å². The number of rotatable bonds is 3. The van der Waals surface area contributed by atoms with E-state index in [9.17, 15) is 13.2 Å². The number of alkyl halides is 3. The first-order chi connectivity index (χ1) is 9.77. The minimum atomic E-state index is -4.35. The molecule has 0 amide bonds. The second-order valence-corrected chi connectivity index (χ2v) is 5.85. The van der Waals surface area contributed by atoms with E-state index in [2.05, 4.69) is 21.2 Å². The number of aryl methyl sites for hydroxylation is 1. The highest BCUT2D eigenvalue weighted by atomic mass is 79.9. The van der Waals surface area contributed by atoms with Crippen molar-refractivity contribution in [2.75, 3.05) is 5.32 Å². The maximum atomic E-state index is 12.8. The van der Waals surface area contributed by atoms with Gasteiger partial charge in [0.25, 0.3) is 0 Å². The first kappa shape index (κ1) is 15.9. The summed E-state index contributed by atoms with van der Waals surface area (Å²) in [6, 6.07) is 9.76. The normalized spacial score (nSPS) is 11.5. The van der Waals surface area contributed by atoms with Crippen molar-refractivity contribution in [2.45, 2.75) is 26.6 Å². The van der Waals surface area contributed by atoms with Gasteiger partial charge in [-0.3, -0.25) is 0 Å². The van der Waals surface area contributed by atoms with Crippen LogP contribution in [0.25, 0.3) is 0 Å². The summed E-state index contributed by atoms with van der Waals surface area (Å²) in [4.78, 5) is 0. The molecule has 0 aliphatic heterocycles. The maximum absolute atomic E-state index is 12.8. The molecular weight excluding hydrogens is 343 g/mol. The number of hydrogen-bond donors (Lipinski definition) is 1. The summed E-state index contributed by atoms with van der Waals surface area (Å²) in [5.41, 5.74) is 3.16. The number of halogens is 4. The number of anilines is 1. The zero-order valence-corrected chi connectivity index (χ0v) is 13.3. The van der Waals surface area contributed by atoms with Crippen LogP contribution < -0.4 is 5.32 Å². The molecule has 0 aliphatic carbocycles. The Morgan fingerprint density at radius 2 is 1.81 bits per heavy atom. The molecule has 2 aromatic carbocycles. The number of hydrogen-bond acceptors (Lipinski definition) is 1. The first-order valence-electron chi connectivity index (χ1n) is 6.44. The Balaban J connectivity index is 2.21. The van der Waals surface area contributed by atoms with Gasteiger partial charge in [-0.05, 0) is 48.7 Å². The van der Waals surface area contributed by atoms with Crippen LogP contribution in [-0.2, 0) is 12.7 Å². The van der Waals surface area contributed by atoms with Crippen LogP contribution >= 0.6 is 15.9 Å². The van der Waals surface area contributed by atoms with E-state index >= 15 is 0 Å². The number of benzene rings is 2. The lowest BCUT2D eigenvalue weighted by Gasteiger charge is -2.13. The SMILES string of the molecule is Cc1cccc(CNc2cc(Br)cc(C(F)(F)F)c2)c1C. The lowest BCUT2D eigenvalue weighted by atomic mass is 10.0. The van der Waals surface area contributed by atoms with E-state index in [1.165, 1.54) is 5.56 Å². The van der Waals surface area contributed by atoms with Gasteiger partial charge in [-0.1, -0.05) is 34.1 Å². The topological polar surface area (TPSA) is 12.0 Å². The Hall–Kier alpha value is -1.49. The average Bonchev–Trinajstić information content (AvgIpc) is 2.39. The van der Waals surface area contributed by atoms with Gasteiger partial charge in [0.05, 0.1) is 5.56 Å². The molecular formula is C16H15BrF3N. The zero-order valence-electron chi connectivity index (χ0n) is 11.7. The second kappa shape index (κ2) is 6.10. The van der Waals surface area contributed by atoms with E-state index < -0.39 is 11.7 Å². The molecule has 0 aliphatic rings. The van der Waals surface area contributed by atoms with Gasteiger partial charge < -0.3 is 5.32 Å². The van der Waals surface area contributed by atoms with Crippen molar-refractivity contribution in [3.63, 3.8) is 0 Å². The van der Waals surface area contributed by atoms with Crippen molar-refractivity contribution in [1.29, 1.82) is 0 Å². The van der Waals surface area contributed by atoms with Gasteiger partial charge in [0.1, 0.15) is 0 Å². The third-order valence-corrected chi connectivity index (χ3v) is 3.88. The van der Waals surface area contributed by atoms with Gasteiger partial charge in [0, 0.05) is 16.7 Å². The third kappa shape index (κ3) is 4.00. The molecule has 0 aromatic heterocycles. The molecule has 2 aromatic rings. The lowest BCUT2D eigenvalue weighted by Crippen LogP contribution is -2.07. The quantitative estimate of drug-likeness (QED) is 0.743. The van der Waals surface area contributed by atoms with Gasteiger partial charge in [-0.25, -0.2) is 0 Å². The molecule has 0 spiro atoms. The lowest BCUT2D eigenvalue weighted by molar-refractivity contribution is -0.137. The van der Waals surface area contributed by atoms with Gasteiger partial charge in [-0.15, -0.1) is 0 Å². The molecule has 1 nitrogen and oxygen atoms in total. The molecule has 0 fully saturated rings. The molecule has 0 atom stereocenters. The predicted molar refractivity (Wildman–Crippen MR) is 82.4 cm³/mol. The van der Waals surface area contributed by atoms with Gasteiger partial charge in [0.2, 0.25) is 0 Å². The van der Waals surface area contributed by atoms with E-state index in [0.29, 0.717) is 16.7 Å². The van der Waals surface area contributed by atoms with Crippen LogP contribution in [0.2, 0.25) is 0 Å². The summed E-state index contributed by atoms with van der Waals surface area (Å²) in [6.45, 7) is 4.51. The predicted octanol–water partition coefficient (Wildman–Crippen LogP) is 5.70. The highest BCUT2D eigenvalue weighted by Crippen LogP contribution is 2.33. The summed E-state index contributed by atoms with van der Waals surface area (Å²) in [5, 5.41) is 3.05. The monoisotopic (exact) mass is 357 g/mol. The number of nitrogens with one attached hydrogen (secondary N) is 1. The molecule has 0 radical (unpaired) electrons. The molecule has 0 saturated heterocycles. The van der Waals surface area contributed by atoms with E-state index in [-0.39, 0.29) is 0 Å². The summed E-state index contributed by atoms with van der Waals surface area (Å²) >= 11 is 3.12. The fourth-order valence-electron chi connectivity index (χ4n) is 2.06. The zero-order chi connectivity index (χ0) is 15.6. The minimum Gasteiger partial charge on any atom is -0.381 e. The highest BCUT2D eigenvalue weighted by molar-refractivity contribution is 9.10. The third-order valence-electron chi connectivity index (χ3n) is 3.42. The van der Waals surface area contributed by atoms with Crippen LogP contribution in [-0.4, -0.2) is 0 Å². The molecule has 0 bridgehead atoms. The average molecular weight is 358 g/mol. The molecule has 1 N–H and O–H groups in total. The molecule has 21 heavy (non-hydrogen) atoms. The van der Waals surface area contributed by atoms with E-state index in [4.69, 9.17) is 0 Å². The fourth-order valence-corrected chi connectivity index (χ4v) is 2.55. The van der Waals surface area contributed by atoms with Crippen LogP contribution in [0, 0.1) is 13.8 Å². The Morgan fingerprint density at radius 1 is 1.10 bits per heavy atom. The van der Waals surface area contributed by atoms with Gasteiger partial charge in [0.15, 0.2) is 0 Å². The van der Waals surface area contributed by atoms with E-state index in [0.717, 1.165) is 23.3 Å². The smallest absolute Gasteiger partial charge is 0.381 e. The van der Waals surface area contributed by atoms with Crippen molar-refractivity contribution < 1.29 is 13.2 Å². The molecule has 0 saturated carbocycles. The highest BCUT2D eigenvalue weighted by Gasteiger charge is 2.31. The Morgan fingerprint density at radius 3 is 2.48 bits per heavy atom. The molecule has 112 valence electrons. The van der Waals surface area contributed by atoms with Crippen molar-refractivity contribution in [2.24, 2.45) is 0 Å². The molecule has 0 heterocycles. The Bertz CT molecular complexity index is 650. The summed E-state index contributed by atoms with van der Waals surface area (Å²) in [6.07, 6.45) is -4.35. The summed E-state index contributed by atoms with van der Waals surface area (Å²) in [7, 11) is 0. The molecule has 2 rings (SSSR count). The largest absolute Gasteiger partial charge is 0.416 e. The maximum Gasteiger partial charge on any atom is 0.416 e. The van der Waals surface area contributed by atoms with Gasteiger partial charge in [-0.2, -0.15) is 13.2 Å². The van der Waals surface area contributed by atoms with Crippen LogP contribution in [0.4, 0.5) is 18.9 Å². The Labute approximate surface area is 130 Å². The first-order valence-corrected chi connectivity index (χ1v) is 7.23. The van der Waals surface area contributed by atoms with Crippen molar-refractivity contribution in [3.05, 3.63) is 63.1 Å². The van der Waals surface area contributed by atoms with Crippen LogP contribution in [0.1, 0.15) is 22.3 Å². The standard InChI is InChI=1S/C16H15BrF3N/c1-10-4-3-5-12(11(10)2)9-21-15-7-13(16(18,19)20)6-14(17)8-15/h3-8,21H,9H2,1-2H3. The van der Waals surface area contributed by atoms with Crippen molar-refractivity contribution in [1.82, 2.24) is 0 Å². The van der Waals surface area contributed by atoms with Gasteiger partial charge >= 0.3 is 6.18 Å². The van der Waals surface area contributed by atoms with E-state index in [1.54, 1.807) is 6.07 Å². The summed E-state index contributed by atoms with van der Waals surface area (Å²) in [5.74, 6) is 0. The minimum absolute atomic E-state index is 0.404. The molecule has 0 unspecified atom stereocenters. The molecule has 5 heteroatoms. The Kier molecular flexibility index (Phi) is 4.61. The van der Waals surface area contributed by atoms with Crippen LogP contribution in [0.15, 0.2) is 40.9 Å². The van der Waals surface area contributed by atoms with Crippen molar-refractivity contribution >= 4 is 21.6 Å². The van der Waals surface area contributed by atoms with E-state index in [1.807, 2.05) is 32.0 Å². The fraction of sp³-hybridized carbons (Fsp3) is 0.250. The second-order valence-electron chi connectivity index (χ2n) is 4.94. The van der Waals surface area contributed by atoms with Crippen LogP contribution in [0.5, 0.6) is 0 Å². The van der Waals surface area contributed by atoms with Crippen molar-refractivity contribution in [3.8, 4) is 0 Å².